The first kappa shape index (κ1) is 19.8. The lowest BCUT2D eigenvalue weighted by atomic mass is 10.2. The summed E-state index contributed by atoms with van der Waals surface area (Å²) in [5, 5.41) is 17.9. The zero-order chi connectivity index (χ0) is 20.1. The number of amides is 2. The van der Waals surface area contributed by atoms with Gasteiger partial charge in [-0.15, -0.1) is 11.3 Å². The standard InChI is InChI=1S/C19H12ClN3O3S2/c20-13-2-1-11(8-21)15(7-13)23-19(26)18(25)22-9-14-3-4-16(28-14)17(24)12-5-6-27-10-12/h1-7,10H,9H2,(H,22,25)(H,23,26). The van der Waals surface area contributed by atoms with Crippen LogP contribution in [0.15, 0.2) is 47.2 Å². The average Bonchev–Trinajstić information content (AvgIpc) is 3.38. The molecule has 9 heteroatoms. The van der Waals surface area contributed by atoms with Gasteiger partial charge in [-0.1, -0.05) is 11.6 Å². The molecule has 0 unspecified atom stereocenters. The molecule has 2 aromatic heterocycles. The summed E-state index contributed by atoms with van der Waals surface area (Å²) in [7, 11) is 0. The zero-order valence-electron chi connectivity index (χ0n) is 14.2. The Balaban J connectivity index is 1.59. The van der Waals surface area contributed by atoms with Crippen LogP contribution in [-0.4, -0.2) is 17.6 Å². The fraction of sp³-hybridized carbons (Fsp3) is 0.0526. The number of ketones is 1. The largest absolute Gasteiger partial charge is 0.343 e. The second-order valence-corrected chi connectivity index (χ2v) is 7.93. The van der Waals surface area contributed by atoms with Crippen molar-refractivity contribution in [2.24, 2.45) is 0 Å². The molecule has 0 saturated carbocycles. The van der Waals surface area contributed by atoms with Gasteiger partial charge in [-0.3, -0.25) is 14.4 Å². The lowest BCUT2D eigenvalue weighted by molar-refractivity contribution is -0.136. The number of nitriles is 1. The second-order valence-electron chi connectivity index (χ2n) is 5.55. The Labute approximate surface area is 173 Å². The molecule has 6 nitrogen and oxygen atoms in total. The summed E-state index contributed by atoms with van der Waals surface area (Å²) >= 11 is 8.55. The Morgan fingerprint density at radius 3 is 2.64 bits per heavy atom. The predicted molar refractivity (Wildman–Crippen MR) is 109 cm³/mol. The van der Waals surface area contributed by atoms with Gasteiger partial charge in [0.25, 0.3) is 0 Å². The maximum atomic E-state index is 12.3. The molecule has 0 atom stereocenters. The summed E-state index contributed by atoms with van der Waals surface area (Å²) in [4.78, 5) is 37.7. The van der Waals surface area contributed by atoms with Crippen LogP contribution in [0.4, 0.5) is 5.69 Å². The highest BCUT2D eigenvalue weighted by Gasteiger charge is 2.17. The van der Waals surface area contributed by atoms with Gasteiger partial charge in [0, 0.05) is 20.8 Å². The van der Waals surface area contributed by atoms with Crippen molar-refractivity contribution in [3.8, 4) is 6.07 Å². The number of nitrogens with one attached hydrogen (secondary N) is 2. The van der Waals surface area contributed by atoms with E-state index < -0.39 is 11.8 Å². The normalized spacial score (nSPS) is 10.1. The van der Waals surface area contributed by atoms with Crippen LogP contribution >= 0.6 is 34.3 Å². The molecule has 28 heavy (non-hydrogen) atoms. The van der Waals surface area contributed by atoms with E-state index >= 15 is 0 Å². The number of thiophene rings is 2. The fourth-order valence-corrected chi connectivity index (χ4v) is 3.99. The van der Waals surface area contributed by atoms with Gasteiger partial charge in [-0.05, 0) is 41.8 Å². The average molecular weight is 430 g/mol. The number of anilines is 1. The first-order chi connectivity index (χ1) is 13.5. The second kappa shape index (κ2) is 8.80. The summed E-state index contributed by atoms with van der Waals surface area (Å²) in [5.41, 5.74) is 0.979. The van der Waals surface area contributed by atoms with Gasteiger partial charge in [0.05, 0.1) is 22.7 Å². The predicted octanol–water partition coefficient (Wildman–Crippen LogP) is 3.82. The van der Waals surface area contributed by atoms with E-state index in [4.69, 9.17) is 16.9 Å². The molecule has 2 amide bonds. The molecule has 3 aromatic rings. The number of nitrogens with zero attached hydrogens (tertiary/aromatic N) is 1. The van der Waals surface area contributed by atoms with E-state index in [1.807, 2.05) is 11.4 Å². The van der Waals surface area contributed by atoms with Crippen LogP contribution in [0, 0.1) is 11.3 Å². The van der Waals surface area contributed by atoms with Crippen LogP contribution in [0.5, 0.6) is 0 Å². The highest BCUT2D eigenvalue weighted by atomic mass is 35.5. The minimum atomic E-state index is -0.912. The lowest BCUT2D eigenvalue weighted by Crippen LogP contribution is -2.34. The SMILES string of the molecule is N#Cc1ccc(Cl)cc1NC(=O)C(=O)NCc1ccc(C(=O)c2ccsc2)s1. The topological polar surface area (TPSA) is 99.1 Å². The van der Waals surface area contributed by atoms with E-state index in [1.54, 1.807) is 23.6 Å². The van der Waals surface area contributed by atoms with Crippen molar-refractivity contribution in [1.82, 2.24) is 5.32 Å². The van der Waals surface area contributed by atoms with Crippen LogP contribution in [0.1, 0.15) is 25.7 Å². The summed E-state index contributed by atoms with van der Waals surface area (Å²) < 4.78 is 0. The summed E-state index contributed by atoms with van der Waals surface area (Å²) in [6.07, 6.45) is 0. The Morgan fingerprint density at radius 2 is 1.93 bits per heavy atom. The molecule has 3 rings (SSSR count). The van der Waals surface area contributed by atoms with E-state index in [9.17, 15) is 14.4 Å². The smallest absolute Gasteiger partial charge is 0.313 e. The summed E-state index contributed by atoms with van der Waals surface area (Å²) in [6, 6.07) is 11.5. The van der Waals surface area contributed by atoms with Crippen LogP contribution in [0.25, 0.3) is 0 Å². The van der Waals surface area contributed by atoms with Crippen LogP contribution in [-0.2, 0) is 16.1 Å². The number of hydrogen-bond acceptors (Lipinski definition) is 6. The summed E-state index contributed by atoms with van der Waals surface area (Å²) in [6.45, 7) is 0.106. The number of benzene rings is 1. The van der Waals surface area contributed by atoms with Crippen LogP contribution < -0.4 is 10.6 Å². The van der Waals surface area contributed by atoms with E-state index in [0.29, 0.717) is 15.5 Å². The van der Waals surface area contributed by atoms with Crippen LogP contribution in [0.3, 0.4) is 0 Å². The highest BCUT2D eigenvalue weighted by molar-refractivity contribution is 7.14. The van der Waals surface area contributed by atoms with Crippen molar-refractivity contribution in [1.29, 1.82) is 5.26 Å². The number of rotatable bonds is 5. The van der Waals surface area contributed by atoms with Gasteiger partial charge >= 0.3 is 11.8 Å². The molecule has 2 N–H and O–H groups in total. The third-order valence-corrected chi connectivity index (χ3v) is 5.65. The minimum Gasteiger partial charge on any atom is -0.343 e. The Kier molecular flexibility index (Phi) is 6.21. The molecule has 1 aromatic carbocycles. The quantitative estimate of drug-likeness (QED) is 0.475. The van der Waals surface area contributed by atoms with E-state index in [1.165, 1.54) is 40.9 Å². The number of hydrogen-bond donors (Lipinski definition) is 2. The van der Waals surface area contributed by atoms with Crippen molar-refractivity contribution in [3.05, 3.63) is 73.1 Å². The lowest BCUT2D eigenvalue weighted by Gasteiger charge is -2.07. The molecular weight excluding hydrogens is 418 g/mol. The van der Waals surface area contributed by atoms with Gasteiger partial charge in [-0.2, -0.15) is 16.6 Å². The van der Waals surface area contributed by atoms with E-state index in [-0.39, 0.29) is 23.6 Å². The highest BCUT2D eigenvalue weighted by Crippen LogP contribution is 2.22. The van der Waals surface area contributed by atoms with Gasteiger partial charge < -0.3 is 10.6 Å². The molecular formula is C19H12ClN3O3S2. The van der Waals surface area contributed by atoms with E-state index in [2.05, 4.69) is 10.6 Å². The third kappa shape index (κ3) is 4.64. The van der Waals surface area contributed by atoms with Crippen LogP contribution in [0.2, 0.25) is 5.02 Å². The molecule has 140 valence electrons. The van der Waals surface area contributed by atoms with Crippen molar-refractivity contribution >= 4 is 57.6 Å². The maximum absolute atomic E-state index is 12.3. The van der Waals surface area contributed by atoms with Gasteiger partial charge in [0.2, 0.25) is 5.78 Å². The fourth-order valence-electron chi connectivity index (χ4n) is 2.28. The Bertz CT molecular complexity index is 1080. The molecule has 0 bridgehead atoms. The molecule has 0 aliphatic carbocycles. The molecule has 0 fully saturated rings. The minimum absolute atomic E-state index is 0.0773. The molecule has 0 aliphatic rings. The molecule has 0 saturated heterocycles. The van der Waals surface area contributed by atoms with E-state index in [0.717, 1.165) is 4.88 Å². The number of halogens is 1. The van der Waals surface area contributed by atoms with Crippen molar-refractivity contribution in [2.45, 2.75) is 6.54 Å². The first-order valence-electron chi connectivity index (χ1n) is 7.92. The third-order valence-electron chi connectivity index (χ3n) is 3.65. The molecule has 2 heterocycles. The summed E-state index contributed by atoms with van der Waals surface area (Å²) in [5.74, 6) is -1.85. The molecule has 0 spiro atoms. The zero-order valence-corrected chi connectivity index (χ0v) is 16.6. The monoisotopic (exact) mass is 429 g/mol. The van der Waals surface area contributed by atoms with Crippen molar-refractivity contribution in [3.63, 3.8) is 0 Å². The molecule has 0 aliphatic heterocycles. The van der Waals surface area contributed by atoms with Crippen molar-refractivity contribution in [2.75, 3.05) is 5.32 Å². The number of carbonyl (C=O) groups excluding carboxylic acids is 3. The Hall–Kier alpha value is -2.99. The van der Waals surface area contributed by atoms with Crippen molar-refractivity contribution < 1.29 is 14.4 Å². The first-order valence-corrected chi connectivity index (χ1v) is 10.1. The van der Waals surface area contributed by atoms with Gasteiger partial charge in [0.15, 0.2) is 0 Å². The molecule has 0 radical (unpaired) electrons. The maximum Gasteiger partial charge on any atom is 0.313 e. The van der Waals surface area contributed by atoms with Gasteiger partial charge in [0.1, 0.15) is 6.07 Å². The van der Waals surface area contributed by atoms with Gasteiger partial charge in [-0.25, -0.2) is 0 Å². The number of carbonyl (C=O) groups is 3. The Morgan fingerprint density at radius 1 is 1.11 bits per heavy atom.